The van der Waals surface area contributed by atoms with Crippen molar-refractivity contribution in [3.8, 4) is 0 Å². The molecule has 0 aliphatic carbocycles. The molecule has 0 saturated carbocycles. The van der Waals surface area contributed by atoms with Gasteiger partial charge in [0.2, 0.25) is 0 Å². The van der Waals surface area contributed by atoms with Gasteiger partial charge in [-0.2, -0.15) is 0 Å². The summed E-state index contributed by atoms with van der Waals surface area (Å²) in [6.45, 7) is 5.70. The molecule has 2 N–H and O–H groups in total. The van der Waals surface area contributed by atoms with Crippen molar-refractivity contribution in [2.45, 2.75) is 36.5 Å². The summed E-state index contributed by atoms with van der Waals surface area (Å²) in [7, 11) is 1.39. The number of nitrogens with zero attached hydrogens (tertiary/aromatic N) is 1. The van der Waals surface area contributed by atoms with Crippen LogP contribution in [0.25, 0.3) is 0 Å². The number of hydrogen-bond donors (Lipinski definition) is 2. The molecule has 5 nitrogen and oxygen atoms in total. The lowest BCUT2D eigenvalue weighted by Crippen LogP contribution is -2.28. The van der Waals surface area contributed by atoms with Gasteiger partial charge in [0.1, 0.15) is 11.3 Å². The lowest BCUT2D eigenvalue weighted by molar-refractivity contribution is -0.141. The molecule has 1 aromatic carbocycles. The molecule has 0 aliphatic heterocycles. The first-order chi connectivity index (χ1) is 11.8. The number of benzene rings is 1. The van der Waals surface area contributed by atoms with E-state index in [9.17, 15) is 4.79 Å². The topological polar surface area (TPSA) is 78.9 Å². The minimum absolute atomic E-state index is 0.0495. The maximum absolute atomic E-state index is 11.6. The Labute approximate surface area is 152 Å². The number of carbonyl (C=O) groups is 1. The van der Waals surface area contributed by atoms with Crippen LogP contribution in [0.5, 0.6) is 0 Å². The van der Waals surface area contributed by atoms with E-state index in [2.05, 4.69) is 0 Å². The maximum Gasteiger partial charge on any atom is 0.312 e. The lowest BCUT2D eigenvalue weighted by atomic mass is 10.0. The highest BCUT2D eigenvalue weighted by Gasteiger charge is 2.15. The van der Waals surface area contributed by atoms with Crippen LogP contribution in [0.15, 0.2) is 52.4 Å². The number of esters is 1. The Morgan fingerprint density at radius 3 is 2.24 bits per heavy atom. The Morgan fingerprint density at radius 2 is 1.68 bits per heavy atom. The van der Waals surface area contributed by atoms with Gasteiger partial charge in [-0.15, -0.1) is 0 Å². The van der Waals surface area contributed by atoms with Crippen molar-refractivity contribution >= 4 is 23.6 Å². The second kappa shape index (κ2) is 8.16. The first kappa shape index (κ1) is 19.0. The number of hydrogen-bond acceptors (Lipinski definition) is 5. The van der Waals surface area contributed by atoms with Crippen LogP contribution in [-0.2, 0) is 9.53 Å². The zero-order valence-electron chi connectivity index (χ0n) is 14.9. The van der Waals surface area contributed by atoms with Crippen molar-refractivity contribution in [3.05, 3.63) is 53.6 Å². The van der Waals surface area contributed by atoms with Gasteiger partial charge in [0, 0.05) is 21.9 Å². The van der Waals surface area contributed by atoms with E-state index in [-0.39, 0.29) is 17.8 Å². The average molecular weight is 357 g/mol. The molecule has 1 unspecified atom stereocenters. The van der Waals surface area contributed by atoms with Crippen molar-refractivity contribution in [3.63, 3.8) is 0 Å². The highest BCUT2D eigenvalue weighted by atomic mass is 32.2. The van der Waals surface area contributed by atoms with Gasteiger partial charge in [0.05, 0.1) is 13.0 Å². The van der Waals surface area contributed by atoms with Gasteiger partial charge in [0.25, 0.3) is 0 Å². The largest absolute Gasteiger partial charge is 0.469 e. The average Bonchev–Trinajstić information content (AvgIpc) is 2.62. The van der Waals surface area contributed by atoms with Gasteiger partial charge in [-0.25, -0.2) is 0 Å². The van der Waals surface area contributed by atoms with Crippen molar-refractivity contribution < 1.29 is 9.53 Å². The number of methoxy groups -OCH3 is 1. The molecule has 0 radical (unpaired) electrons. The summed E-state index contributed by atoms with van der Waals surface area (Å²) in [5, 5.41) is 16.1. The predicted octanol–water partition coefficient (Wildman–Crippen LogP) is 3.88. The summed E-state index contributed by atoms with van der Waals surface area (Å²) in [5.74, 6) is -0.0943. The number of nitrogens with one attached hydrogen (secondary N) is 2. The molecule has 1 aromatic heterocycles. The van der Waals surface area contributed by atoms with Crippen LogP contribution in [0, 0.1) is 16.7 Å². The third kappa shape index (κ3) is 4.60. The van der Waals surface area contributed by atoms with Gasteiger partial charge < -0.3 is 4.74 Å². The monoisotopic (exact) mass is 357 g/mol. The van der Waals surface area contributed by atoms with Crippen molar-refractivity contribution in [2.75, 3.05) is 7.11 Å². The van der Waals surface area contributed by atoms with Crippen LogP contribution in [0.3, 0.4) is 0 Å². The molecular formula is C19H23N3O2S. The van der Waals surface area contributed by atoms with E-state index >= 15 is 0 Å². The van der Waals surface area contributed by atoms with E-state index in [0.717, 1.165) is 15.4 Å². The molecule has 0 saturated heterocycles. The molecule has 0 spiro atoms. The number of ether oxygens (including phenoxy) is 1. The molecule has 2 rings (SSSR count). The number of pyridine rings is 1. The summed E-state index contributed by atoms with van der Waals surface area (Å²) in [5.41, 5.74) is 1.21. The van der Waals surface area contributed by atoms with Crippen molar-refractivity contribution in [2.24, 2.45) is 5.92 Å². The molecular weight excluding hydrogens is 334 g/mol. The zero-order valence-corrected chi connectivity index (χ0v) is 15.7. The Balaban J connectivity index is 2.20. The van der Waals surface area contributed by atoms with Gasteiger partial charge in [-0.05, 0) is 36.8 Å². The van der Waals surface area contributed by atoms with Crippen LogP contribution >= 0.6 is 11.8 Å². The third-order valence-electron chi connectivity index (χ3n) is 3.90. The minimum Gasteiger partial charge on any atom is -0.469 e. The molecule has 132 valence electrons. The fourth-order valence-electron chi connectivity index (χ4n) is 2.29. The molecule has 1 atom stereocenters. The summed E-state index contributed by atoms with van der Waals surface area (Å²) in [6.07, 6.45) is 1.82. The first-order valence-electron chi connectivity index (χ1n) is 8.05. The van der Waals surface area contributed by atoms with E-state index in [4.69, 9.17) is 15.6 Å². The summed E-state index contributed by atoms with van der Waals surface area (Å²) < 4.78 is 6.37. The summed E-state index contributed by atoms with van der Waals surface area (Å²) in [4.78, 5) is 13.6. The van der Waals surface area contributed by atoms with Gasteiger partial charge >= 0.3 is 5.97 Å². The van der Waals surface area contributed by atoms with Crippen molar-refractivity contribution in [1.29, 1.82) is 10.8 Å². The summed E-state index contributed by atoms with van der Waals surface area (Å²) in [6, 6.07) is 11.4. The number of rotatable bonds is 5. The molecule has 0 amide bonds. The SMILES string of the molecule is COC(=O)C(C)c1ccc(Sc2ccc(=N)n(C(=N)C(C)C)c2)cc1. The Kier molecular flexibility index (Phi) is 6.20. The fourth-order valence-corrected chi connectivity index (χ4v) is 3.13. The Hall–Kier alpha value is -2.34. The first-order valence-corrected chi connectivity index (χ1v) is 8.87. The van der Waals surface area contributed by atoms with Crippen LogP contribution in [0.4, 0.5) is 0 Å². The van der Waals surface area contributed by atoms with Crippen LogP contribution < -0.4 is 5.49 Å². The zero-order chi connectivity index (χ0) is 18.6. The molecule has 25 heavy (non-hydrogen) atoms. The van der Waals surface area contributed by atoms with E-state index in [1.54, 1.807) is 22.4 Å². The highest BCUT2D eigenvalue weighted by Crippen LogP contribution is 2.28. The predicted molar refractivity (Wildman–Crippen MR) is 99.2 cm³/mol. The second-order valence-corrected chi connectivity index (χ2v) is 7.22. The quantitative estimate of drug-likeness (QED) is 0.484. The molecule has 0 fully saturated rings. The van der Waals surface area contributed by atoms with Crippen LogP contribution in [0.1, 0.15) is 32.3 Å². The molecule has 6 heteroatoms. The Morgan fingerprint density at radius 1 is 1.08 bits per heavy atom. The van der Waals surface area contributed by atoms with E-state index in [1.807, 2.05) is 57.3 Å². The molecule has 2 aromatic rings. The summed E-state index contributed by atoms with van der Waals surface area (Å²) >= 11 is 1.56. The van der Waals surface area contributed by atoms with Crippen LogP contribution in [0.2, 0.25) is 0 Å². The second-order valence-electron chi connectivity index (χ2n) is 6.08. The van der Waals surface area contributed by atoms with E-state index < -0.39 is 0 Å². The van der Waals surface area contributed by atoms with Gasteiger partial charge in [-0.3, -0.25) is 20.2 Å². The molecule has 0 aliphatic rings. The lowest BCUT2D eigenvalue weighted by Gasteiger charge is -2.13. The standard InChI is InChI=1S/C19H23N3O2S/c1-12(2)18(21)22-11-16(9-10-17(22)20)25-15-7-5-14(6-8-15)13(3)19(23)24-4/h5-13,20-21H,1-4H3. The maximum atomic E-state index is 11.6. The van der Waals surface area contributed by atoms with Crippen molar-refractivity contribution in [1.82, 2.24) is 4.57 Å². The number of aromatic nitrogens is 1. The van der Waals surface area contributed by atoms with E-state index in [0.29, 0.717) is 11.3 Å². The molecule has 0 bridgehead atoms. The Bertz CT molecular complexity index is 825. The normalized spacial score (nSPS) is 12.0. The third-order valence-corrected chi connectivity index (χ3v) is 4.88. The fraction of sp³-hybridized carbons (Fsp3) is 0.316. The highest BCUT2D eigenvalue weighted by molar-refractivity contribution is 7.99. The number of carbonyl (C=O) groups excluding carboxylic acids is 1. The van der Waals surface area contributed by atoms with Gasteiger partial charge in [0.15, 0.2) is 0 Å². The molecule has 1 heterocycles. The smallest absolute Gasteiger partial charge is 0.312 e. The van der Waals surface area contributed by atoms with Gasteiger partial charge in [-0.1, -0.05) is 37.7 Å². The van der Waals surface area contributed by atoms with E-state index in [1.165, 1.54) is 7.11 Å². The van der Waals surface area contributed by atoms with Crippen LogP contribution in [-0.4, -0.2) is 23.5 Å². The minimum atomic E-state index is -0.291.